The Morgan fingerprint density at radius 2 is 2.24 bits per heavy atom. The monoisotopic (exact) mass is 347 g/mol. The van der Waals surface area contributed by atoms with Crippen LogP contribution in [0.1, 0.15) is 12.2 Å². The van der Waals surface area contributed by atoms with Gasteiger partial charge in [-0.3, -0.25) is 0 Å². The number of nitrogens with zero attached hydrogens (tertiary/aromatic N) is 2. The van der Waals surface area contributed by atoms with Crippen LogP contribution in [0.2, 0.25) is 0 Å². The maximum Gasteiger partial charge on any atom is 0.258 e. The van der Waals surface area contributed by atoms with Gasteiger partial charge in [-0.15, -0.1) is 0 Å². The van der Waals surface area contributed by atoms with Crippen molar-refractivity contribution in [2.45, 2.75) is 12.8 Å². The smallest absolute Gasteiger partial charge is 0.258 e. The molecule has 90 valence electrons. The highest BCUT2D eigenvalue weighted by molar-refractivity contribution is 14.1. The van der Waals surface area contributed by atoms with Crippen molar-refractivity contribution in [1.29, 1.82) is 0 Å². The molecule has 1 aromatic heterocycles. The zero-order chi connectivity index (χ0) is 12.3. The van der Waals surface area contributed by atoms with Crippen molar-refractivity contribution in [2.75, 3.05) is 6.54 Å². The maximum absolute atomic E-state index is 12.9. The Bertz CT molecular complexity index is 515. The van der Waals surface area contributed by atoms with E-state index in [1.165, 1.54) is 12.1 Å². The molecule has 17 heavy (non-hydrogen) atoms. The van der Waals surface area contributed by atoms with Gasteiger partial charge in [-0.1, -0.05) is 5.16 Å². The molecule has 1 heterocycles. The molecule has 0 unspecified atom stereocenters. The standard InChI is InChI=1S/C11H11FIN3O/c12-7-3-4-8(9(13)6-7)11-15-10(16-17-11)2-1-5-14/h3-4,6H,1-2,5,14H2. The van der Waals surface area contributed by atoms with Crippen molar-refractivity contribution in [2.24, 2.45) is 5.73 Å². The van der Waals surface area contributed by atoms with Crippen LogP contribution in [0, 0.1) is 9.39 Å². The largest absolute Gasteiger partial charge is 0.334 e. The highest BCUT2D eigenvalue weighted by Crippen LogP contribution is 2.24. The van der Waals surface area contributed by atoms with Crippen molar-refractivity contribution < 1.29 is 8.91 Å². The van der Waals surface area contributed by atoms with Crippen LogP contribution in [0.25, 0.3) is 11.5 Å². The lowest BCUT2D eigenvalue weighted by atomic mass is 10.2. The highest BCUT2D eigenvalue weighted by Gasteiger charge is 2.12. The van der Waals surface area contributed by atoms with Gasteiger partial charge in [-0.05, 0) is 53.8 Å². The Labute approximate surface area is 112 Å². The minimum atomic E-state index is -0.277. The molecule has 1 aromatic carbocycles. The second-order valence-corrected chi connectivity index (χ2v) is 4.69. The summed E-state index contributed by atoms with van der Waals surface area (Å²) in [7, 11) is 0. The zero-order valence-electron chi connectivity index (χ0n) is 8.99. The normalized spacial score (nSPS) is 10.8. The van der Waals surface area contributed by atoms with Crippen LogP contribution in [0.3, 0.4) is 0 Å². The molecule has 4 nitrogen and oxygen atoms in total. The average molecular weight is 347 g/mol. The zero-order valence-corrected chi connectivity index (χ0v) is 11.1. The Balaban J connectivity index is 2.24. The van der Waals surface area contributed by atoms with E-state index in [1.54, 1.807) is 6.07 Å². The van der Waals surface area contributed by atoms with Gasteiger partial charge in [0.2, 0.25) is 0 Å². The summed E-state index contributed by atoms with van der Waals surface area (Å²) in [5.74, 6) is 0.771. The summed E-state index contributed by atoms with van der Waals surface area (Å²) >= 11 is 2.04. The topological polar surface area (TPSA) is 64.9 Å². The third kappa shape index (κ3) is 3.01. The molecule has 2 rings (SSSR count). The van der Waals surface area contributed by atoms with E-state index in [0.717, 1.165) is 15.6 Å². The van der Waals surface area contributed by atoms with E-state index in [1.807, 2.05) is 22.6 Å². The summed E-state index contributed by atoms with van der Waals surface area (Å²) in [5, 5.41) is 3.85. The van der Waals surface area contributed by atoms with Gasteiger partial charge in [0, 0.05) is 9.99 Å². The summed E-state index contributed by atoms with van der Waals surface area (Å²) in [6.07, 6.45) is 1.51. The van der Waals surface area contributed by atoms with Crippen molar-refractivity contribution in [1.82, 2.24) is 10.1 Å². The fourth-order valence-corrected chi connectivity index (χ4v) is 2.10. The lowest BCUT2D eigenvalue weighted by molar-refractivity contribution is 0.421. The number of halogens is 2. The number of rotatable bonds is 4. The van der Waals surface area contributed by atoms with E-state index < -0.39 is 0 Å². The summed E-state index contributed by atoms with van der Waals surface area (Å²) in [6.45, 7) is 0.595. The average Bonchev–Trinajstić information content (AvgIpc) is 2.75. The lowest BCUT2D eigenvalue weighted by Gasteiger charge is -1.97. The van der Waals surface area contributed by atoms with Crippen LogP contribution in [0.4, 0.5) is 4.39 Å². The van der Waals surface area contributed by atoms with Gasteiger partial charge >= 0.3 is 0 Å². The van der Waals surface area contributed by atoms with E-state index >= 15 is 0 Å². The number of aromatic nitrogens is 2. The quantitative estimate of drug-likeness (QED) is 0.863. The van der Waals surface area contributed by atoms with Crippen LogP contribution in [0.5, 0.6) is 0 Å². The van der Waals surface area contributed by atoms with E-state index in [4.69, 9.17) is 10.3 Å². The van der Waals surface area contributed by atoms with Crippen molar-refractivity contribution in [3.63, 3.8) is 0 Å². The van der Waals surface area contributed by atoms with Crippen LogP contribution in [-0.4, -0.2) is 16.7 Å². The first-order chi connectivity index (χ1) is 8.20. The fourth-order valence-electron chi connectivity index (χ4n) is 1.39. The second kappa shape index (κ2) is 5.54. The van der Waals surface area contributed by atoms with Gasteiger partial charge in [-0.2, -0.15) is 4.98 Å². The second-order valence-electron chi connectivity index (χ2n) is 3.53. The van der Waals surface area contributed by atoms with Gasteiger partial charge in [0.1, 0.15) is 5.82 Å². The predicted molar refractivity (Wildman–Crippen MR) is 69.8 cm³/mol. The summed E-state index contributed by atoms with van der Waals surface area (Å²) in [4.78, 5) is 4.25. The molecule has 0 radical (unpaired) electrons. The highest BCUT2D eigenvalue weighted by atomic mass is 127. The van der Waals surface area contributed by atoms with Crippen LogP contribution < -0.4 is 5.73 Å². The van der Waals surface area contributed by atoms with Gasteiger partial charge in [0.15, 0.2) is 5.82 Å². The lowest BCUT2D eigenvalue weighted by Crippen LogP contribution is -2.01. The number of hydrogen-bond donors (Lipinski definition) is 1. The first kappa shape index (κ1) is 12.4. The number of benzene rings is 1. The maximum atomic E-state index is 12.9. The Hall–Kier alpha value is -1.02. The molecule has 2 N–H and O–H groups in total. The van der Waals surface area contributed by atoms with Gasteiger partial charge in [-0.25, -0.2) is 4.39 Å². The van der Waals surface area contributed by atoms with Crippen LogP contribution in [0.15, 0.2) is 22.7 Å². The molecular weight excluding hydrogens is 336 g/mol. The van der Waals surface area contributed by atoms with Crippen LogP contribution in [-0.2, 0) is 6.42 Å². The molecule has 0 amide bonds. The van der Waals surface area contributed by atoms with E-state index in [2.05, 4.69) is 10.1 Å². The molecular formula is C11H11FIN3O. The first-order valence-corrected chi connectivity index (χ1v) is 6.26. The molecule has 0 atom stereocenters. The van der Waals surface area contributed by atoms with E-state index in [9.17, 15) is 4.39 Å². The third-order valence-electron chi connectivity index (χ3n) is 2.23. The number of nitrogens with two attached hydrogens (primary N) is 1. The molecule has 0 aliphatic carbocycles. The molecule has 0 spiro atoms. The molecule has 6 heteroatoms. The molecule has 2 aromatic rings. The molecule has 0 bridgehead atoms. The summed E-state index contributed by atoms with van der Waals surface area (Å²) < 4.78 is 18.8. The Kier molecular flexibility index (Phi) is 4.06. The Morgan fingerprint density at radius 3 is 2.94 bits per heavy atom. The fraction of sp³-hybridized carbons (Fsp3) is 0.273. The summed E-state index contributed by atoms with van der Waals surface area (Å²) in [6, 6.07) is 4.44. The molecule has 0 saturated heterocycles. The predicted octanol–water partition coefficient (Wildman–Crippen LogP) is 2.37. The minimum Gasteiger partial charge on any atom is -0.334 e. The third-order valence-corrected chi connectivity index (χ3v) is 3.13. The molecule has 0 fully saturated rings. The minimum absolute atomic E-state index is 0.277. The summed E-state index contributed by atoms with van der Waals surface area (Å²) in [5.41, 5.74) is 6.15. The Morgan fingerprint density at radius 1 is 1.41 bits per heavy atom. The van der Waals surface area contributed by atoms with Gasteiger partial charge in [0.25, 0.3) is 5.89 Å². The van der Waals surface area contributed by atoms with Gasteiger partial charge in [0.05, 0.1) is 5.56 Å². The van der Waals surface area contributed by atoms with Crippen LogP contribution >= 0.6 is 22.6 Å². The van der Waals surface area contributed by atoms with Crippen molar-refractivity contribution >= 4 is 22.6 Å². The van der Waals surface area contributed by atoms with Crippen molar-refractivity contribution in [3.8, 4) is 11.5 Å². The first-order valence-electron chi connectivity index (χ1n) is 5.19. The van der Waals surface area contributed by atoms with E-state index in [-0.39, 0.29) is 5.82 Å². The number of hydrogen-bond acceptors (Lipinski definition) is 4. The molecule has 0 aliphatic rings. The number of aryl methyl sites for hydroxylation is 1. The van der Waals surface area contributed by atoms with Crippen molar-refractivity contribution in [3.05, 3.63) is 33.4 Å². The molecule has 0 saturated carbocycles. The SMILES string of the molecule is NCCCc1noc(-c2ccc(F)cc2I)n1. The molecule has 0 aliphatic heterocycles. The van der Waals surface area contributed by atoms with Gasteiger partial charge < -0.3 is 10.3 Å². The van der Waals surface area contributed by atoms with E-state index in [0.29, 0.717) is 24.7 Å².